The smallest absolute Gasteiger partial charge is 0.293 e. The van der Waals surface area contributed by atoms with Gasteiger partial charge < -0.3 is 5.32 Å². The van der Waals surface area contributed by atoms with E-state index in [4.69, 9.17) is 0 Å². The molecular formula is C15H18N4O3. The molecule has 2 rings (SSSR count). The number of nitrogens with zero attached hydrogens (tertiary/aromatic N) is 3. The summed E-state index contributed by atoms with van der Waals surface area (Å²) in [5.74, 6) is -0.213. The van der Waals surface area contributed by atoms with Crippen molar-refractivity contribution in [1.29, 1.82) is 0 Å². The number of nitrogens with one attached hydrogen (secondary N) is 1. The highest BCUT2D eigenvalue weighted by molar-refractivity contribution is 5.95. The Kier molecular flexibility index (Phi) is 3.99. The van der Waals surface area contributed by atoms with E-state index in [2.05, 4.69) is 10.4 Å². The summed E-state index contributed by atoms with van der Waals surface area (Å²) in [6.45, 7) is 7.40. The van der Waals surface area contributed by atoms with Crippen LogP contribution in [0.1, 0.15) is 38.1 Å². The fourth-order valence-electron chi connectivity index (χ4n) is 1.92. The third-order valence-electron chi connectivity index (χ3n) is 3.15. The van der Waals surface area contributed by atoms with E-state index < -0.39 is 4.92 Å². The number of carbonyl (C=O) groups is 1. The maximum Gasteiger partial charge on any atom is 0.293 e. The molecular weight excluding hydrogens is 284 g/mol. The van der Waals surface area contributed by atoms with E-state index in [0.717, 1.165) is 0 Å². The minimum Gasteiger partial charge on any atom is -0.347 e. The summed E-state index contributed by atoms with van der Waals surface area (Å²) in [6.07, 6.45) is 3.39. The van der Waals surface area contributed by atoms with Crippen LogP contribution >= 0.6 is 0 Å². The number of anilines is 2. The standard InChI is InChI=1S/C15H18N4O3/c1-10(20)11-5-6-13(14(7-11)19(21)22)17-12-8-16-18(9-12)15(2,3)4/h5-9,17H,1-4H3. The van der Waals surface area contributed by atoms with Crippen molar-refractivity contribution in [3.63, 3.8) is 0 Å². The van der Waals surface area contributed by atoms with Crippen molar-refractivity contribution in [1.82, 2.24) is 9.78 Å². The monoisotopic (exact) mass is 302 g/mol. The number of hydrogen-bond acceptors (Lipinski definition) is 5. The molecule has 0 aliphatic carbocycles. The summed E-state index contributed by atoms with van der Waals surface area (Å²) in [6, 6.07) is 4.37. The molecule has 1 aromatic heterocycles. The Bertz CT molecular complexity index is 729. The van der Waals surface area contributed by atoms with Crippen molar-refractivity contribution >= 4 is 22.8 Å². The molecule has 0 saturated carbocycles. The van der Waals surface area contributed by atoms with Gasteiger partial charge in [-0.1, -0.05) is 0 Å². The second kappa shape index (κ2) is 5.59. The van der Waals surface area contributed by atoms with Gasteiger partial charge in [0.15, 0.2) is 5.78 Å². The van der Waals surface area contributed by atoms with E-state index in [-0.39, 0.29) is 17.0 Å². The van der Waals surface area contributed by atoms with Gasteiger partial charge in [0.05, 0.1) is 22.3 Å². The zero-order valence-electron chi connectivity index (χ0n) is 13.0. The van der Waals surface area contributed by atoms with Crippen molar-refractivity contribution in [2.24, 2.45) is 0 Å². The molecule has 0 radical (unpaired) electrons. The molecule has 116 valence electrons. The Morgan fingerprint density at radius 2 is 2.05 bits per heavy atom. The topological polar surface area (TPSA) is 90.1 Å². The third-order valence-corrected chi connectivity index (χ3v) is 3.15. The molecule has 0 aliphatic heterocycles. The molecule has 7 heteroatoms. The Morgan fingerprint density at radius 3 is 2.55 bits per heavy atom. The highest BCUT2D eigenvalue weighted by Crippen LogP contribution is 2.29. The van der Waals surface area contributed by atoms with Crippen LogP contribution in [0.5, 0.6) is 0 Å². The largest absolute Gasteiger partial charge is 0.347 e. The van der Waals surface area contributed by atoms with Crippen LogP contribution in [-0.4, -0.2) is 20.5 Å². The summed E-state index contributed by atoms with van der Waals surface area (Å²) < 4.78 is 1.77. The Hall–Kier alpha value is -2.70. The Morgan fingerprint density at radius 1 is 1.36 bits per heavy atom. The summed E-state index contributed by atoms with van der Waals surface area (Å²) in [5, 5.41) is 18.4. The molecule has 0 spiro atoms. The first-order chi connectivity index (χ1) is 10.2. The van der Waals surface area contributed by atoms with E-state index in [9.17, 15) is 14.9 Å². The summed E-state index contributed by atoms with van der Waals surface area (Å²) in [7, 11) is 0. The van der Waals surface area contributed by atoms with Crippen LogP contribution < -0.4 is 5.32 Å². The van der Waals surface area contributed by atoms with Gasteiger partial charge in [-0.05, 0) is 39.8 Å². The number of hydrogen-bond donors (Lipinski definition) is 1. The van der Waals surface area contributed by atoms with Crippen LogP contribution in [0.4, 0.5) is 17.1 Å². The van der Waals surface area contributed by atoms with Crippen LogP contribution in [0.3, 0.4) is 0 Å². The zero-order chi connectivity index (χ0) is 16.5. The van der Waals surface area contributed by atoms with Gasteiger partial charge in [-0.15, -0.1) is 0 Å². The van der Waals surface area contributed by atoms with Gasteiger partial charge in [0.1, 0.15) is 5.69 Å². The lowest BCUT2D eigenvalue weighted by molar-refractivity contribution is -0.383. The second-order valence-electron chi connectivity index (χ2n) is 6.01. The van der Waals surface area contributed by atoms with Gasteiger partial charge in [0.2, 0.25) is 0 Å². The molecule has 0 saturated heterocycles. The number of nitro benzene ring substituents is 1. The first-order valence-electron chi connectivity index (χ1n) is 6.80. The van der Waals surface area contributed by atoms with Gasteiger partial charge in [0.25, 0.3) is 5.69 Å². The average molecular weight is 302 g/mol. The van der Waals surface area contributed by atoms with Gasteiger partial charge in [-0.3, -0.25) is 19.6 Å². The van der Waals surface area contributed by atoms with Crippen molar-refractivity contribution < 1.29 is 9.72 Å². The first kappa shape index (κ1) is 15.7. The van der Waals surface area contributed by atoms with Crippen molar-refractivity contribution in [2.45, 2.75) is 33.2 Å². The molecule has 0 aliphatic rings. The van der Waals surface area contributed by atoms with Gasteiger partial charge in [-0.2, -0.15) is 5.10 Å². The summed E-state index contributed by atoms with van der Waals surface area (Å²) in [5.41, 5.74) is 0.959. The zero-order valence-corrected chi connectivity index (χ0v) is 13.0. The second-order valence-corrected chi connectivity index (χ2v) is 6.01. The predicted octanol–water partition coefficient (Wildman–Crippen LogP) is 3.49. The number of benzene rings is 1. The number of Topliss-reactive ketones (excluding diaryl/α,β-unsaturated/α-hetero) is 1. The molecule has 0 bridgehead atoms. The van der Waals surface area contributed by atoms with Crippen LogP contribution in [0.25, 0.3) is 0 Å². The number of carbonyl (C=O) groups excluding carboxylic acids is 1. The van der Waals surface area contributed by atoms with Gasteiger partial charge in [0, 0.05) is 17.8 Å². The lowest BCUT2D eigenvalue weighted by Crippen LogP contribution is -2.21. The molecule has 22 heavy (non-hydrogen) atoms. The van der Waals surface area contributed by atoms with Crippen molar-refractivity contribution in [2.75, 3.05) is 5.32 Å². The molecule has 2 aromatic rings. The molecule has 7 nitrogen and oxygen atoms in total. The molecule has 0 atom stereocenters. The molecule has 0 fully saturated rings. The lowest BCUT2D eigenvalue weighted by Gasteiger charge is -2.18. The van der Waals surface area contributed by atoms with Gasteiger partial charge in [-0.25, -0.2) is 0 Å². The maximum atomic E-state index is 11.3. The number of nitro groups is 1. The third kappa shape index (κ3) is 3.30. The highest BCUT2D eigenvalue weighted by atomic mass is 16.6. The van der Waals surface area contributed by atoms with Crippen LogP contribution in [-0.2, 0) is 5.54 Å². The maximum absolute atomic E-state index is 11.3. The minimum atomic E-state index is -0.511. The van der Waals surface area contributed by atoms with Crippen LogP contribution in [0, 0.1) is 10.1 Å². The minimum absolute atomic E-state index is 0.142. The molecule has 1 heterocycles. The fraction of sp³-hybridized carbons (Fsp3) is 0.333. The Labute approximate surface area is 128 Å². The predicted molar refractivity (Wildman–Crippen MR) is 83.6 cm³/mol. The normalized spacial score (nSPS) is 11.3. The van der Waals surface area contributed by atoms with E-state index in [1.54, 1.807) is 23.1 Å². The van der Waals surface area contributed by atoms with Crippen molar-refractivity contribution in [3.8, 4) is 0 Å². The van der Waals surface area contributed by atoms with Crippen LogP contribution in [0.2, 0.25) is 0 Å². The molecule has 1 aromatic carbocycles. The summed E-state index contributed by atoms with van der Waals surface area (Å²) >= 11 is 0. The quantitative estimate of drug-likeness (QED) is 0.530. The number of ketones is 1. The molecule has 0 unspecified atom stereocenters. The lowest BCUT2D eigenvalue weighted by atomic mass is 10.1. The molecule has 1 N–H and O–H groups in total. The number of aromatic nitrogens is 2. The summed E-state index contributed by atoms with van der Waals surface area (Å²) in [4.78, 5) is 22.0. The van der Waals surface area contributed by atoms with Crippen LogP contribution in [0.15, 0.2) is 30.6 Å². The average Bonchev–Trinajstić information content (AvgIpc) is 2.87. The SMILES string of the molecule is CC(=O)c1ccc(Nc2cnn(C(C)(C)C)c2)c([N+](=O)[O-])c1. The van der Waals surface area contributed by atoms with E-state index in [0.29, 0.717) is 16.9 Å². The van der Waals surface area contributed by atoms with E-state index >= 15 is 0 Å². The Balaban J connectivity index is 2.35. The fourth-order valence-corrected chi connectivity index (χ4v) is 1.92. The number of rotatable bonds is 4. The van der Waals surface area contributed by atoms with Crippen molar-refractivity contribution in [3.05, 3.63) is 46.3 Å². The van der Waals surface area contributed by atoms with E-state index in [1.165, 1.54) is 19.1 Å². The van der Waals surface area contributed by atoms with Gasteiger partial charge >= 0.3 is 0 Å². The molecule has 0 amide bonds. The van der Waals surface area contributed by atoms with E-state index in [1.807, 2.05) is 20.8 Å². The first-order valence-corrected chi connectivity index (χ1v) is 6.80. The highest BCUT2D eigenvalue weighted by Gasteiger charge is 2.18.